The van der Waals surface area contributed by atoms with Crippen molar-refractivity contribution in [1.29, 1.82) is 5.26 Å². The largest absolute Gasteiger partial charge is 0.311 e. The minimum Gasteiger partial charge on any atom is -0.311 e. The molecule has 2 aromatic heterocycles. The van der Waals surface area contributed by atoms with Crippen molar-refractivity contribution in [3.63, 3.8) is 0 Å². The highest BCUT2D eigenvalue weighted by atomic mass is 15.2. The molecular formula is C73H70BN5. The van der Waals surface area contributed by atoms with Crippen LogP contribution in [0.3, 0.4) is 0 Å². The van der Waals surface area contributed by atoms with E-state index in [4.69, 9.17) is 0 Å². The molecule has 3 aliphatic rings. The summed E-state index contributed by atoms with van der Waals surface area (Å²) in [6.45, 7) is 34.7. The molecule has 0 radical (unpaired) electrons. The molecule has 9 aromatic carbocycles. The lowest BCUT2D eigenvalue weighted by molar-refractivity contribution is 0.590. The number of nitrogens with zero attached hydrogens (tertiary/aromatic N) is 5. The molecule has 0 amide bonds. The number of benzene rings is 9. The first kappa shape index (κ1) is 49.3. The van der Waals surface area contributed by atoms with Crippen molar-refractivity contribution in [3.8, 4) is 17.4 Å². The molecule has 0 aliphatic carbocycles. The summed E-state index contributed by atoms with van der Waals surface area (Å²) >= 11 is 0. The van der Waals surface area contributed by atoms with Gasteiger partial charge in [-0.1, -0.05) is 171 Å². The Morgan fingerprint density at radius 1 is 0.367 bits per heavy atom. The summed E-state index contributed by atoms with van der Waals surface area (Å²) in [5.74, 6) is 0. The van der Waals surface area contributed by atoms with Gasteiger partial charge in [-0.2, -0.15) is 5.26 Å². The number of nitriles is 1. The zero-order chi connectivity index (χ0) is 55.4. The molecule has 79 heavy (non-hydrogen) atoms. The molecule has 6 heteroatoms. The Morgan fingerprint density at radius 3 is 1.46 bits per heavy atom. The van der Waals surface area contributed by atoms with E-state index in [1.54, 1.807) is 0 Å². The first-order valence-electron chi connectivity index (χ1n) is 28.5. The molecule has 5 heterocycles. The highest BCUT2D eigenvalue weighted by Crippen LogP contribution is 2.55. The standard InChI is InChI=1S/C73H70BN5/c1-69(2,3)44-23-28-58-51(33-44)52-34-45(70(4,5)6)24-29-59(52)76(58)49-26-27-55-61(40-49)77(57-22-18-20-43-19-16-17-21-50(43)57)62-31-42(41-75)32-63-66(62)74(55)56-37-48(73(13,14)15)39-65-68(56)79(63)64-38-47(72(10,11)12)36-54-53-35-46(71(7,8)9)25-30-60(53)78(65)67(54)64/h16-40H,1-15H3. The molecule has 0 spiro atoms. The summed E-state index contributed by atoms with van der Waals surface area (Å²) in [6.07, 6.45) is 0. The predicted molar refractivity (Wildman–Crippen MR) is 338 cm³/mol. The van der Waals surface area contributed by atoms with Gasteiger partial charge >= 0.3 is 0 Å². The summed E-state index contributed by atoms with van der Waals surface area (Å²) in [5.41, 5.74) is 24.2. The molecule has 11 aromatic rings. The molecule has 0 saturated heterocycles. The van der Waals surface area contributed by atoms with E-state index >= 15 is 0 Å². The quantitative estimate of drug-likeness (QED) is 0.162. The molecule has 0 fully saturated rings. The smallest absolute Gasteiger partial charge is 0.252 e. The number of hydrogen-bond donors (Lipinski definition) is 0. The number of anilines is 6. The third kappa shape index (κ3) is 7.13. The fourth-order valence-electron chi connectivity index (χ4n) is 13.5. The van der Waals surface area contributed by atoms with Crippen molar-refractivity contribution in [2.45, 2.75) is 131 Å². The average molecular weight is 1030 g/mol. The van der Waals surface area contributed by atoms with Crippen LogP contribution in [0.15, 0.2) is 152 Å². The van der Waals surface area contributed by atoms with E-state index in [-0.39, 0.29) is 33.8 Å². The van der Waals surface area contributed by atoms with E-state index in [1.165, 1.54) is 105 Å². The lowest BCUT2D eigenvalue weighted by Crippen LogP contribution is -2.62. The number of rotatable bonds is 2. The first-order chi connectivity index (χ1) is 37.3. The van der Waals surface area contributed by atoms with Crippen LogP contribution in [0.2, 0.25) is 0 Å². The topological polar surface area (TPSA) is 40.1 Å². The highest BCUT2D eigenvalue weighted by Gasteiger charge is 2.48. The lowest BCUT2D eigenvalue weighted by Gasteiger charge is -2.47. The van der Waals surface area contributed by atoms with Crippen molar-refractivity contribution in [3.05, 3.63) is 185 Å². The van der Waals surface area contributed by atoms with E-state index in [0.717, 1.165) is 39.5 Å². The van der Waals surface area contributed by atoms with E-state index < -0.39 is 0 Å². The Hall–Kier alpha value is -8.01. The molecule has 0 N–H and O–H groups in total. The summed E-state index contributed by atoms with van der Waals surface area (Å²) < 4.78 is 5.09. The van der Waals surface area contributed by atoms with Crippen molar-refractivity contribution >= 4 is 112 Å². The maximum absolute atomic E-state index is 11.4. The molecule has 3 aliphatic heterocycles. The predicted octanol–water partition coefficient (Wildman–Crippen LogP) is 17.8. The molecule has 0 saturated carbocycles. The second kappa shape index (κ2) is 16.1. The third-order valence-corrected chi connectivity index (χ3v) is 17.9. The van der Waals surface area contributed by atoms with Crippen molar-refractivity contribution < 1.29 is 0 Å². The van der Waals surface area contributed by atoms with Crippen molar-refractivity contribution in [1.82, 2.24) is 9.13 Å². The van der Waals surface area contributed by atoms with Gasteiger partial charge in [-0.25, -0.2) is 0 Å². The Morgan fingerprint density at radius 2 is 0.873 bits per heavy atom. The van der Waals surface area contributed by atoms with Gasteiger partial charge in [0, 0.05) is 49.7 Å². The summed E-state index contributed by atoms with van der Waals surface area (Å²) in [4.78, 5) is 5.08. The van der Waals surface area contributed by atoms with E-state index in [0.29, 0.717) is 5.56 Å². The van der Waals surface area contributed by atoms with Crippen LogP contribution in [0, 0.1) is 11.3 Å². The molecule has 14 rings (SSSR count). The normalized spacial score (nSPS) is 14.2. The third-order valence-electron chi connectivity index (χ3n) is 17.9. The van der Waals surface area contributed by atoms with E-state index in [1.807, 2.05) is 0 Å². The Bertz CT molecular complexity index is 4460. The maximum Gasteiger partial charge on any atom is 0.252 e. The SMILES string of the molecule is CC(C)(C)c1cc2c3c(c1)-n1c4ccc(C(C)(C)C)cc4c4cc(C(C)(C)C)cc(c41)N3c1cc(C#N)cc3c1B2c1ccc(-n2c4ccc(C(C)(C)C)cc4c4cc(C(C)(C)C)ccc42)cc1N3c1cccc2ccccc12. The number of hydrogen-bond acceptors (Lipinski definition) is 3. The maximum atomic E-state index is 11.4. The van der Waals surface area contributed by atoms with Gasteiger partial charge in [-0.15, -0.1) is 0 Å². The van der Waals surface area contributed by atoms with Gasteiger partial charge in [0.25, 0.3) is 6.71 Å². The summed E-state index contributed by atoms with van der Waals surface area (Å²) in [6, 6.07) is 61.2. The number of aromatic nitrogens is 2. The number of fused-ring (bicyclic) bond motifs is 13. The van der Waals surface area contributed by atoms with Gasteiger partial charge in [-0.3, -0.25) is 0 Å². The van der Waals surface area contributed by atoms with Gasteiger partial charge in [-0.05, 0) is 162 Å². The average Bonchev–Trinajstić information content (AvgIpc) is 3.04. The second-order valence-corrected chi connectivity index (χ2v) is 28.3. The Kier molecular flexibility index (Phi) is 10.0. The van der Waals surface area contributed by atoms with Gasteiger partial charge in [0.05, 0.1) is 56.4 Å². The minimum absolute atomic E-state index is 0.0180. The van der Waals surface area contributed by atoms with Crippen LogP contribution in [0.4, 0.5) is 34.1 Å². The van der Waals surface area contributed by atoms with Crippen LogP contribution >= 0.6 is 0 Å². The lowest BCUT2D eigenvalue weighted by atomic mass is 9.33. The van der Waals surface area contributed by atoms with Crippen LogP contribution in [0.5, 0.6) is 0 Å². The molecular weight excluding hydrogens is 958 g/mol. The van der Waals surface area contributed by atoms with Gasteiger partial charge in [0.2, 0.25) is 0 Å². The zero-order valence-corrected chi connectivity index (χ0v) is 48.7. The van der Waals surface area contributed by atoms with Crippen LogP contribution < -0.4 is 26.2 Å². The Balaban J connectivity index is 1.13. The molecule has 0 unspecified atom stereocenters. The monoisotopic (exact) mass is 1030 g/mol. The summed E-state index contributed by atoms with van der Waals surface area (Å²) in [5, 5.41) is 18.8. The Labute approximate surface area is 466 Å². The summed E-state index contributed by atoms with van der Waals surface area (Å²) in [7, 11) is 0. The second-order valence-electron chi connectivity index (χ2n) is 28.3. The fraction of sp³-hybridized carbons (Fsp3) is 0.274. The zero-order valence-electron chi connectivity index (χ0n) is 48.7. The first-order valence-corrected chi connectivity index (χ1v) is 28.5. The van der Waals surface area contributed by atoms with E-state index in [2.05, 4.69) is 281 Å². The van der Waals surface area contributed by atoms with Gasteiger partial charge in [0.1, 0.15) is 0 Å². The molecule has 5 nitrogen and oxygen atoms in total. The minimum atomic E-state index is -0.172. The fourth-order valence-corrected chi connectivity index (χ4v) is 13.5. The van der Waals surface area contributed by atoms with Gasteiger partial charge in [0.15, 0.2) is 0 Å². The molecule has 0 bridgehead atoms. The van der Waals surface area contributed by atoms with Crippen LogP contribution in [0.1, 0.15) is 137 Å². The highest BCUT2D eigenvalue weighted by molar-refractivity contribution is 7.00. The van der Waals surface area contributed by atoms with Crippen LogP contribution in [-0.2, 0) is 27.1 Å². The van der Waals surface area contributed by atoms with Crippen LogP contribution in [0.25, 0.3) is 65.8 Å². The van der Waals surface area contributed by atoms with Gasteiger partial charge < -0.3 is 18.9 Å². The van der Waals surface area contributed by atoms with Crippen LogP contribution in [-0.4, -0.2) is 15.8 Å². The molecule has 0 atom stereocenters. The van der Waals surface area contributed by atoms with Crippen molar-refractivity contribution in [2.24, 2.45) is 0 Å². The van der Waals surface area contributed by atoms with E-state index in [9.17, 15) is 5.26 Å². The van der Waals surface area contributed by atoms with Crippen molar-refractivity contribution in [2.75, 3.05) is 9.80 Å². The molecule has 390 valence electrons.